The number of carbonyl (C=O) groups is 3. The van der Waals surface area contributed by atoms with Crippen molar-refractivity contribution in [2.45, 2.75) is 110 Å². The second-order valence-corrected chi connectivity index (χ2v) is 16.6. The zero-order valence-corrected chi connectivity index (χ0v) is 23.9. The van der Waals surface area contributed by atoms with Gasteiger partial charge in [-0.25, -0.2) is 18.0 Å². The molecule has 1 aliphatic heterocycles. The number of likely N-dealkylation sites (tertiary alicyclic amines) is 1. The number of carbonyl (C=O) groups excluding carboxylic acids is 2. The predicted octanol–water partition coefficient (Wildman–Crippen LogP) is 3.18. The maximum Gasteiger partial charge on any atom is 0.326 e. The van der Waals surface area contributed by atoms with Crippen LogP contribution in [0, 0.1) is 22.7 Å². The molecule has 10 heteroatoms. The van der Waals surface area contributed by atoms with Crippen LogP contribution in [0.3, 0.4) is 0 Å². The quantitative estimate of drug-likeness (QED) is 0.486. The molecular weight excluding hydrogens is 482 g/mol. The third-order valence-electron chi connectivity index (χ3n) is 8.72. The van der Waals surface area contributed by atoms with Gasteiger partial charge in [-0.1, -0.05) is 53.9 Å². The molecule has 3 rings (SSSR count). The van der Waals surface area contributed by atoms with Crippen molar-refractivity contribution in [2.75, 3.05) is 12.3 Å². The van der Waals surface area contributed by atoms with E-state index in [0.717, 1.165) is 19.3 Å². The maximum absolute atomic E-state index is 13.7. The van der Waals surface area contributed by atoms with Crippen LogP contribution in [-0.2, 0) is 19.4 Å². The van der Waals surface area contributed by atoms with Gasteiger partial charge in [0, 0.05) is 12.5 Å². The number of sulfone groups is 1. The molecule has 1 saturated heterocycles. The lowest BCUT2D eigenvalue weighted by Crippen LogP contribution is -2.63. The lowest BCUT2D eigenvalue weighted by Gasteiger charge is -2.41. The first-order valence-corrected chi connectivity index (χ1v) is 14.7. The van der Waals surface area contributed by atoms with Crippen LogP contribution in [0.1, 0.15) is 87.5 Å². The number of nitrogens with zero attached hydrogens (tertiary/aromatic N) is 1. The summed E-state index contributed by atoms with van der Waals surface area (Å²) in [5, 5.41) is 15.7. The van der Waals surface area contributed by atoms with Gasteiger partial charge >= 0.3 is 12.0 Å². The molecule has 1 heterocycles. The van der Waals surface area contributed by atoms with Gasteiger partial charge in [0.25, 0.3) is 0 Å². The molecule has 206 valence electrons. The molecular formula is C26H45N3O6S. The average Bonchev–Trinajstić information content (AvgIpc) is 3.06. The normalized spacial score (nSPS) is 28.1. The van der Waals surface area contributed by atoms with Crippen molar-refractivity contribution < 1.29 is 27.9 Å². The van der Waals surface area contributed by atoms with Crippen LogP contribution in [0.2, 0.25) is 0 Å². The first-order chi connectivity index (χ1) is 16.2. The first-order valence-electron chi connectivity index (χ1n) is 13.1. The van der Waals surface area contributed by atoms with Gasteiger partial charge in [-0.3, -0.25) is 4.79 Å². The summed E-state index contributed by atoms with van der Waals surface area (Å²) in [5.41, 5.74) is -1.70. The molecule has 0 aromatic carbocycles. The maximum atomic E-state index is 13.7. The number of rotatable bonds is 6. The Morgan fingerprint density at radius 3 is 2.06 bits per heavy atom. The highest BCUT2D eigenvalue weighted by atomic mass is 32.2. The Labute approximate surface area is 216 Å². The van der Waals surface area contributed by atoms with Gasteiger partial charge in [0.1, 0.15) is 12.1 Å². The summed E-state index contributed by atoms with van der Waals surface area (Å²) in [5.74, 6) is -1.55. The lowest BCUT2D eigenvalue weighted by atomic mass is 9.83. The minimum absolute atomic E-state index is 0.0958. The predicted molar refractivity (Wildman–Crippen MR) is 138 cm³/mol. The second-order valence-electron chi connectivity index (χ2n) is 13.8. The van der Waals surface area contributed by atoms with Gasteiger partial charge in [0.2, 0.25) is 5.91 Å². The molecule has 3 amide bonds. The SMILES string of the molecule is CC(C)(C)C(NC(=O)NC1(CS(=O)(=O)C(C)(C)C)CCCCC1)C(=O)N1CC2C(C1C(=O)O)C2(C)C. The summed E-state index contributed by atoms with van der Waals surface area (Å²) < 4.78 is 25.2. The molecule has 0 aromatic rings. The summed E-state index contributed by atoms with van der Waals surface area (Å²) >= 11 is 0. The number of hydrogen-bond acceptors (Lipinski definition) is 5. The number of carboxylic acid groups (broad SMARTS) is 1. The highest BCUT2D eigenvalue weighted by molar-refractivity contribution is 7.92. The van der Waals surface area contributed by atoms with E-state index in [1.54, 1.807) is 20.8 Å². The van der Waals surface area contributed by atoms with E-state index in [2.05, 4.69) is 10.6 Å². The molecule has 36 heavy (non-hydrogen) atoms. The van der Waals surface area contributed by atoms with E-state index in [9.17, 15) is 27.9 Å². The van der Waals surface area contributed by atoms with E-state index < -0.39 is 55.5 Å². The Morgan fingerprint density at radius 1 is 1.03 bits per heavy atom. The van der Waals surface area contributed by atoms with E-state index >= 15 is 0 Å². The van der Waals surface area contributed by atoms with Crippen LogP contribution in [0.25, 0.3) is 0 Å². The fraction of sp³-hybridized carbons (Fsp3) is 0.885. The lowest BCUT2D eigenvalue weighted by molar-refractivity contribution is -0.152. The van der Waals surface area contributed by atoms with Gasteiger partial charge in [-0.2, -0.15) is 0 Å². The fourth-order valence-corrected chi connectivity index (χ4v) is 7.65. The highest BCUT2D eigenvalue weighted by Crippen LogP contribution is 2.65. The van der Waals surface area contributed by atoms with Crippen LogP contribution in [0.4, 0.5) is 4.79 Å². The van der Waals surface area contributed by atoms with Crippen molar-refractivity contribution in [2.24, 2.45) is 22.7 Å². The summed E-state index contributed by atoms with van der Waals surface area (Å²) in [6, 6.07) is -2.46. The molecule has 4 unspecified atom stereocenters. The average molecular weight is 528 g/mol. The molecule has 0 aromatic heterocycles. The Hall–Kier alpha value is -1.84. The fourth-order valence-electron chi connectivity index (χ4n) is 6.13. The Bertz CT molecular complexity index is 1000. The van der Waals surface area contributed by atoms with Crippen molar-refractivity contribution >= 4 is 27.7 Å². The molecule has 3 N–H and O–H groups in total. The smallest absolute Gasteiger partial charge is 0.326 e. The van der Waals surface area contributed by atoms with Crippen LogP contribution < -0.4 is 10.6 Å². The van der Waals surface area contributed by atoms with E-state index in [0.29, 0.717) is 19.4 Å². The van der Waals surface area contributed by atoms with E-state index in [-0.39, 0.29) is 23.0 Å². The number of amides is 3. The molecule has 0 radical (unpaired) electrons. The zero-order chi connectivity index (χ0) is 27.5. The summed E-state index contributed by atoms with van der Waals surface area (Å²) in [6.45, 7) is 14.9. The third-order valence-corrected chi connectivity index (χ3v) is 11.5. The summed E-state index contributed by atoms with van der Waals surface area (Å²) in [6.07, 6.45) is 3.71. The Morgan fingerprint density at radius 2 is 1.58 bits per heavy atom. The number of carboxylic acids is 1. The number of urea groups is 1. The second kappa shape index (κ2) is 9.17. The van der Waals surface area contributed by atoms with Gasteiger partial charge in [-0.05, 0) is 50.4 Å². The minimum atomic E-state index is -3.50. The van der Waals surface area contributed by atoms with E-state index in [4.69, 9.17) is 0 Å². The Kier molecular flexibility index (Phi) is 7.32. The van der Waals surface area contributed by atoms with Crippen molar-refractivity contribution in [3.8, 4) is 0 Å². The van der Waals surface area contributed by atoms with Crippen LogP contribution in [-0.4, -0.2) is 71.0 Å². The topological polar surface area (TPSA) is 133 Å². The number of piperidine rings is 1. The van der Waals surface area contributed by atoms with Crippen molar-refractivity contribution in [3.05, 3.63) is 0 Å². The molecule has 4 atom stereocenters. The van der Waals surface area contributed by atoms with Gasteiger partial charge in [0.05, 0.1) is 16.0 Å². The molecule has 3 aliphatic rings. The number of aliphatic carboxylic acids is 1. The van der Waals surface area contributed by atoms with Crippen molar-refractivity contribution in [3.63, 3.8) is 0 Å². The van der Waals surface area contributed by atoms with E-state index in [1.807, 2.05) is 34.6 Å². The van der Waals surface area contributed by atoms with Crippen molar-refractivity contribution in [1.29, 1.82) is 0 Å². The first kappa shape index (κ1) is 28.7. The minimum Gasteiger partial charge on any atom is -0.480 e. The van der Waals surface area contributed by atoms with Crippen LogP contribution >= 0.6 is 0 Å². The molecule has 9 nitrogen and oxygen atoms in total. The standard InChI is InChI=1S/C26H45N3O6S/c1-23(2,3)19(20(30)29-14-16-17(25(16,7)8)18(29)21(31)32)27-22(33)28-26(12-10-9-11-13-26)15-36(34,35)24(4,5)6/h16-19H,9-15H2,1-8H3,(H,31,32)(H2,27,28,33). The highest BCUT2D eigenvalue weighted by Gasteiger charge is 2.70. The van der Waals surface area contributed by atoms with Gasteiger partial charge < -0.3 is 20.6 Å². The van der Waals surface area contributed by atoms with Gasteiger partial charge in [0.15, 0.2) is 9.84 Å². The van der Waals surface area contributed by atoms with Crippen molar-refractivity contribution in [1.82, 2.24) is 15.5 Å². The third kappa shape index (κ3) is 5.38. The molecule has 0 bridgehead atoms. The largest absolute Gasteiger partial charge is 0.480 e. The van der Waals surface area contributed by atoms with E-state index in [1.165, 1.54) is 4.90 Å². The van der Waals surface area contributed by atoms with Crippen LogP contribution in [0.15, 0.2) is 0 Å². The molecule has 0 spiro atoms. The Balaban J connectivity index is 1.80. The van der Waals surface area contributed by atoms with Gasteiger partial charge in [-0.15, -0.1) is 0 Å². The molecule has 2 aliphatic carbocycles. The molecule has 2 saturated carbocycles. The number of fused-ring (bicyclic) bond motifs is 1. The molecule has 3 fully saturated rings. The number of nitrogens with one attached hydrogen (secondary N) is 2. The summed E-state index contributed by atoms with van der Waals surface area (Å²) in [4.78, 5) is 40.5. The number of hydrogen-bond donors (Lipinski definition) is 3. The zero-order valence-electron chi connectivity index (χ0n) is 23.1. The summed E-state index contributed by atoms with van der Waals surface area (Å²) in [7, 11) is -3.50. The van der Waals surface area contributed by atoms with Crippen LogP contribution in [0.5, 0.6) is 0 Å². The monoisotopic (exact) mass is 527 g/mol.